The van der Waals surface area contributed by atoms with Crippen molar-refractivity contribution < 1.29 is 4.52 Å². The molecule has 0 aliphatic rings. The largest absolute Gasteiger partial charge is 0.339 e. The van der Waals surface area contributed by atoms with E-state index in [1.165, 1.54) is 0 Å². The highest BCUT2D eigenvalue weighted by atomic mass is 16.5. The van der Waals surface area contributed by atoms with E-state index in [9.17, 15) is 0 Å². The average Bonchev–Trinajstić information content (AvgIpc) is 2.34. The van der Waals surface area contributed by atoms with E-state index in [0.29, 0.717) is 12.3 Å². The van der Waals surface area contributed by atoms with Crippen molar-refractivity contribution in [3.8, 4) is 0 Å². The highest BCUT2D eigenvalue weighted by molar-refractivity contribution is 4.99. The fraction of sp³-hybridized carbons (Fsp3) is 0.500. The molecule has 0 saturated heterocycles. The maximum absolute atomic E-state index is 4.94. The maximum atomic E-state index is 4.94. The third-order valence-corrected chi connectivity index (χ3v) is 1.28. The van der Waals surface area contributed by atoms with Gasteiger partial charge in [-0.1, -0.05) is 24.2 Å². The molecule has 11 heavy (non-hydrogen) atoms. The zero-order valence-corrected chi connectivity index (χ0v) is 6.92. The number of hydrogen-bond acceptors (Lipinski definition) is 3. The van der Waals surface area contributed by atoms with Crippen LogP contribution in [0.5, 0.6) is 0 Å². The molecule has 0 bridgehead atoms. The first kappa shape index (κ1) is 7.98. The van der Waals surface area contributed by atoms with Crippen LogP contribution in [0.3, 0.4) is 0 Å². The Morgan fingerprint density at radius 3 is 2.82 bits per heavy atom. The second kappa shape index (κ2) is 3.32. The molecule has 60 valence electrons. The highest BCUT2D eigenvalue weighted by Gasteiger charge is 2.02. The summed E-state index contributed by atoms with van der Waals surface area (Å²) in [5.41, 5.74) is 1.04. The molecule has 0 aromatic carbocycles. The molecule has 0 fully saturated rings. The van der Waals surface area contributed by atoms with E-state index in [1.807, 2.05) is 13.8 Å². The Kier molecular flexibility index (Phi) is 2.41. The lowest BCUT2D eigenvalue weighted by atomic mass is 10.2. The van der Waals surface area contributed by atoms with Gasteiger partial charge < -0.3 is 4.52 Å². The smallest absolute Gasteiger partial charge is 0.230 e. The molecule has 0 atom stereocenters. The summed E-state index contributed by atoms with van der Waals surface area (Å²) in [5.74, 6) is 1.43. The van der Waals surface area contributed by atoms with Crippen LogP contribution in [0.4, 0.5) is 0 Å². The van der Waals surface area contributed by atoms with E-state index in [4.69, 9.17) is 4.52 Å². The number of aromatic nitrogens is 2. The standard InChI is InChI=1S/C8H12N2O/c1-4-7-9-8(11-10-7)5-6(2)3/h2,4-5H2,1,3H3. The molecule has 0 N–H and O–H groups in total. The van der Waals surface area contributed by atoms with Gasteiger partial charge in [0.25, 0.3) is 0 Å². The zero-order chi connectivity index (χ0) is 8.27. The van der Waals surface area contributed by atoms with E-state index in [1.54, 1.807) is 0 Å². The van der Waals surface area contributed by atoms with Gasteiger partial charge in [0.15, 0.2) is 5.82 Å². The number of hydrogen-bond donors (Lipinski definition) is 0. The van der Waals surface area contributed by atoms with Crippen LogP contribution in [0.15, 0.2) is 16.7 Å². The van der Waals surface area contributed by atoms with Gasteiger partial charge in [0.1, 0.15) is 0 Å². The fourth-order valence-electron chi connectivity index (χ4n) is 0.764. The minimum absolute atomic E-state index is 0.661. The lowest BCUT2D eigenvalue weighted by Gasteiger charge is -1.88. The molecule has 0 aliphatic heterocycles. The summed E-state index contributed by atoms with van der Waals surface area (Å²) in [7, 11) is 0. The summed E-state index contributed by atoms with van der Waals surface area (Å²) in [6, 6.07) is 0. The minimum atomic E-state index is 0.661. The first-order chi connectivity index (χ1) is 5.22. The van der Waals surface area contributed by atoms with E-state index in [0.717, 1.165) is 17.8 Å². The predicted molar refractivity (Wildman–Crippen MR) is 42.2 cm³/mol. The Balaban J connectivity index is 2.65. The molecule has 1 heterocycles. The molecule has 0 unspecified atom stereocenters. The summed E-state index contributed by atoms with van der Waals surface area (Å²) >= 11 is 0. The Morgan fingerprint density at radius 1 is 1.64 bits per heavy atom. The first-order valence-corrected chi connectivity index (χ1v) is 3.68. The normalized spacial score (nSPS) is 10.0. The minimum Gasteiger partial charge on any atom is -0.339 e. The van der Waals surface area contributed by atoms with Crippen LogP contribution in [-0.4, -0.2) is 10.1 Å². The van der Waals surface area contributed by atoms with Crippen LogP contribution in [0, 0.1) is 0 Å². The Morgan fingerprint density at radius 2 is 2.36 bits per heavy atom. The second-order valence-corrected chi connectivity index (χ2v) is 2.59. The molecule has 1 rings (SSSR count). The van der Waals surface area contributed by atoms with Crippen molar-refractivity contribution in [2.45, 2.75) is 26.7 Å². The van der Waals surface area contributed by atoms with Gasteiger partial charge in [0.2, 0.25) is 5.89 Å². The van der Waals surface area contributed by atoms with Crippen LogP contribution >= 0.6 is 0 Å². The van der Waals surface area contributed by atoms with Crippen molar-refractivity contribution in [2.75, 3.05) is 0 Å². The summed E-state index contributed by atoms with van der Waals surface area (Å²) in [5, 5.41) is 3.76. The molecule has 1 aromatic rings. The average molecular weight is 152 g/mol. The Labute approximate surface area is 66.1 Å². The molecule has 0 spiro atoms. The first-order valence-electron chi connectivity index (χ1n) is 3.68. The number of aryl methyl sites for hydroxylation is 1. The van der Waals surface area contributed by atoms with Crippen LogP contribution in [0.25, 0.3) is 0 Å². The number of rotatable bonds is 3. The van der Waals surface area contributed by atoms with Gasteiger partial charge in [-0.3, -0.25) is 0 Å². The Hall–Kier alpha value is -1.12. The van der Waals surface area contributed by atoms with Gasteiger partial charge in [-0.15, -0.1) is 0 Å². The van der Waals surface area contributed by atoms with Crippen molar-refractivity contribution in [3.05, 3.63) is 23.9 Å². The summed E-state index contributed by atoms with van der Waals surface area (Å²) in [6.45, 7) is 7.69. The molecule has 0 saturated carbocycles. The van der Waals surface area contributed by atoms with Crippen molar-refractivity contribution >= 4 is 0 Å². The van der Waals surface area contributed by atoms with Gasteiger partial charge in [-0.2, -0.15) is 4.98 Å². The summed E-state index contributed by atoms with van der Waals surface area (Å²) in [6.07, 6.45) is 1.51. The molecule has 0 aliphatic carbocycles. The second-order valence-electron chi connectivity index (χ2n) is 2.59. The van der Waals surface area contributed by atoms with Crippen LogP contribution in [-0.2, 0) is 12.8 Å². The molecule has 0 radical (unpaired) electrons. The zero-order valence-electron chi connectivity index (χ0n) is 6.92. The van der Waals surface area contributed by atoms with Crippen LogP contribution < -0.4 is 0 Å². The third kappa shape index (κ3) is 2.18. The summed E-state index contributed by atoms with van der Waals surface area (Å²) < 4.78 is 4.94. The van der Waals surface area contributed by atoms with Gasteiger partial charge in [0.05, 0.1) is 0 Å². The topological polar surface area (TPSA) is 38.9 Å². The molecule has 0 amide bonds. The molecule has 1 aromatic heterocycles. The van der Waals surface area contributed by atoms with Crippen LogP contribution in [0.2, 0.25) is 0 Å². The molecule has 3 nitrogen and oxygen atoms in total. The number of allylic oxidation sites excluding steroid dienone is 1. The monoisotopic (exact) mass is 152 g/mol. The SMILES string of the molecule is C=C(C)Cc1nc(CC)no1. The van der Waals surface area contributed by atoms with E-state index in [-0.39, 0.29) is 0 Å². The fourth-order valence-corrected chi connectivity index (χ4v) is 0.764. The van der Waals surface area contributed by atoms with Crippen molar-refractivity contribution in [1.29, 1.82) is 0 Å². The van der Waals surface area contributed by atoms with E-state index in [2.05, 4.69) is 16.7 Å². The summed E-state index contributed by atoms with van der Waals surface area (Å²) in [4.78, 5) is 4.13. The van der Waals surface area contributed by atoms with Crippen LogP contribution in [0.1, 0.15) is 25.6 Å². The lowest BCUT2D eigenvalue weighted by molar-refractivity contribution is 0.379. The number of nitrogens with zero attached hydrogens (tertiary/aromatic N) is 2. The Bertz CT molecular complexity index is 252. The van der Waals surface area contributed by atoms with Crippen molar-refractivity contribution in [3.63, 3.8) is 0 Å². The maximum Gasteiger partial charge on any atom is 0.230 e. The van der Waals surface area contributed by atoms with Gasteiger partial charge in [-0.25, -0.2) is 0 Å². The van der Waals surface area contributed by atoms with Crippen molar-refractivity contribution in [1.82, 2.24) is 10.1 Å². The quantitative estimate of drug-likeness (QED) is 0.619. The van der Waals surface area contributed by atoms with E-state index < -0.39 is 0 Å². The molecular formula is C8H12N2O. The lowest BCUT2D eigenvalue weighted by Crippen LogP contribution is -1.86. The van der Waals surface area contributed by atoms with Gasteiger partial charge >= 0.3 is 0 Å². The van der Waals surface area contributed by atoms with E-state index >= 15 is 0 Å². The van der Waals surface area contributed by atoms with Gasteiger partial charge in [0, 0.05) is 12.8 Å². The van der Waals surface area contributed by atoms with Gasteiger partial charge in [-0.05, 0) is 6.92 Å². The molecular weight excluding hydrogens is 140 g/mol. The van der Waals surface area contributed by atoms with Crippen molar-refractivity contribution in [2.24, 2.45) is 0 Å². The predicted octanol–water partition coefficient (Wildman–Crippen LogP) is 1.75. The third-order valence-electron chi connectivity index (χ3n) is 1.28. The highest BCUT2D eigenvalue weighted by Crippen LogP contribution is 2.03. The molecule has 3 heteroatoms.